The Morgan fingerprint density at radius 3 is 2.43 bits per heavy atom. The van der Waals surface area contributed by atoms with Crippen LogP contribution in [0.5, 0.6) is 0 Å². The molecule has 1 heterocycles. The summed E-state index contributed by atoms with van der Waals surface area (Å²) < 4.78 is 0. The van der Waals surface area contributed by atoms with Crippen LogP contribution in [0.1, 0.15) is 16.1 Å². The molecule has 1 aromatic heterocycles. The van der Waals surface area contributed by atoms with Crippen LogP contribution in [0.2, 0.25) is 0 Å². The van der Waals surface area contributed by atoms with Crippen molar-refractivity contribution in [2.45, 2.75) is 0 Å². The Balaban J connectivity index is 2.12. The topological polar surface area (TPSA) is 101 Å². The number of likely N-dealkylation sites (N-methyl/N-ethyl adjacent to an activating group) is 1. The highest BCUT2D eigenvalue weighted by atomic mass is 16.2. The Morgan fingerprint density at radius 1 is 1.22 bits per heavy atom. The van der Waals surface area contributed by atoms with Crippen LogP contribution < -0.4 is 10.6 Å². The lowest BCUT2D eigenvalue weighted by molar-refractivity contribution is -0.116. The molecule has 0 radical (unpaired) electrons. The van der Waals surface area contributed by atoms with Gasteiger partial charge in [-0.15, -0.1) is 0 Å². The van der Waals surface area contributed by atoms with Gasteiger partial charge in [0.25, 0.3) is 5.91 Å². The number of hydrogen-bond acceptors (Lipinski definition) is 4. The van der Waals surface area contributed by atoms with E-state index in [2.05, 4.69) is 15.6 Å². The van der Waals surface area contributed by atoms with Crippen molar-refractivity contribution in [3.63, 3.8) is 0 Å². The summed E-state index contributed by atoms with van der Waals surface area (Å²) >= 11 is 0. The van der Waals surface area contributed by atoms with Gasteiger partial charge in [0.2, 0.25) is 5.91 Å². The van der Waals surface area contributed by atoms with Crippen LogP contribution in [0.3, 0.4) is 0 Å². The third-order valence-electron chi connectivity index (χ3n) is 2.97. The third kappa shape index (κ3) is 4.43. The number of nitrogens with zero attached hydrogens (tertiary/aromatic N) is 2. The number of carbonyl (C=O) groups is 2. The van der Waals surface area contributed by atoms with E-state index < -0.39 is 0 Å². The summed E-state index contributed by atoms with van der Waals surface area (Å²) in [7, 11) is 3.59. The molecule has 0 fully saturated rings. The molecule has 0 saturated heterocycles. The van der Waals surface area contributed by atoms with Gasteiger partial charge in [0, 0.05) is 6.20 Å². The fourth-order valence-electron chi connectivity index (χ4n) is 1.96. The Hall–Kier alpha value is -3.11. The van der Waals surface area contributed by atoms with Crippen LogP contribution in [0, 0.1) is 11.3 Å². The first kappa shape index (κ1) is 16.3. The van der Waals surface area contributed by atoms with Gasteiger partial charge in [0.1, 0.15) is 11.8 Å². The number of hydrogen-bond donors (Lipinski definition) is 3. The van der Waals surface area contributed by atoms with Gasteiger partial charge in [0.15, 0.2) is 0 Å². The fraction of sp³-hybridized carbons (Fsp3) is 0.188. The van der Waals surface area contributed by atoms with E-state index in [0.717, 1.165) is 0 Å². The molecule has 7 heteroatoms. The second-order valence-corrected chi connectivity index (χ2v) is 5.20. The lowest BCUT2D eigenvalue weighted by Gasteiger charge is -2.13. The molecule has 0 saturated carbocycles. The Labute approximate surface area is 133 Å². The van der Waals surface area contributed by atoms with Crippen molar-refractivity contribution in [1.82, 2.24) is 9.88 Å². The number of nitrogens with one attached hydrogen (secondary N) is 3. The quantitative estimate of drug-likeness (QED) is 0.781. The number of anilines is 2. The lowest BCUT2D eigenvalue weighted by Crippen LogP contribution is -2.27. The number of amides is 2. The smallest absolute Gasteiger partial charge is 0.272 e. The molecule has 2 amide bonds. The molecule has 0 spiro atoms. The maximum Gasteiger partial charge on any atom is 0.272 e. The van der Waals surface area contributed by atoms with Crippen LogP contribution in [-0.2, 0) is 4.79 Å². The number of nitriles is 1. The van der Waals surface area contributed by atoms with E-state index in [-0.39, 0.29) is 24.1 Å². The maximum atomic E-state index is 12.2. The van der Waals surface area contributed by atoms with Gasteiger partial charge in [-0.25, -0.2) is 0 Å². The van der Waals surface area contributed by atoms with Crippen LogP contribution in [0.25, 0.3) is 0 Å². The van der Waals surface area contributed by atoms with Crippen molar-refractivity contribution in [1.29, 1.82) is 5.26 Å². The molecule has 2 rings (SSSR count). The van der Waals surface area contributed by atoms with Crippen LogP contribution >= 0.6 is 0 Å². The van der Waals surface area contributed by atoms with E-state index in [9.17, 15) is 9.59 Å². The van der Waals surface area contributed by atoms with Crippen molar-refractivity contribution in [3.8, 4) is 6.07 Å². The molecule has 2 aromatic rings. The molecule has 0 aliphatic carbocycles. The van der Waals surface area contributed by atoms with Gasteiger partial charge in [-0.05, 0) is 32.3 Å². The number of carbonyl (C=O) groups excluding carboxylic acids is 2. The molecule has 0 bridgehead atoms. The van der Waals surface area contributed by atoms with Crippen molar-refractivity contribution < 1.29 is 9.59 Å². The average Bonchev–Trinajstić information content (AvgIpc) is 2.97. The molecule has 0 aliphatic rings. The number of para-hydroxylation sites is 2. The lowest BCUT2D eigenvalue weighted by atomic mass is 10.2. The van der Waals surface area contributed by atoms with Crippen molar-refractivity contribution in [2.75, 3.05) is 31.3 Å². The van der Waals surface area contributed by atoms with E-state index in [1.165, 1.54) is 12.3 Å². The summed E-state index contributed by atoms with van der Waals surface area (Å²) in [6, 6.07) is 10.3. The van der Waals surface area contributed by atoms with Crippen molar-refractivity contribution >= 4 is 23.2 Å². The van der Waals surface area contributed by atoms with E-state index in [1.54, 1.807) is 43.3 Å². The first-order valence-corrected chi connectivity index (χ1v) is 6.93. The number of H-pyrrole nitrogens is 1. The standard InChI is InChI=1S/C16H17N5O2/c1-21(2)10-15(22)19-12-5-3-4-6-13(12)20-16(23)14-7-11(8-17)9-18-14/h3-7,9,18H,10H2,1-2H3,(H,19,22)(H,20,23). The molecular weight excluding hydrogens is 294 g/mol. The monoisotopic (exact) mass is 311 g/mol. The SMILES string of the molecule is CN(C)CC(=O)Nc1ccccc1NC(=O)c1cc(C#N)c[nH]1. The highest BCUT2D eigenvalue weighted by Crippen LogP contribution is 2.21. The Morgan fingerprint density at radius 2 is 1.87 bits per heavy atom. The van der Waals surface area contributed by atoms with E-state index in [4.69, 9.17) is 5.26 Å². The predicted octanol–water partition coefficient (Wildman–Crippen LogP) is 1.64. The summed E-state index contributed by atoms with van der Waals surface area (Å²) in [5, 5.41) is 14.3. The number of benzene rings is 1. The summed E-state index contributed by atoms with van der Waals surface area (Å²) in [6.45, 7) is 0.241. The predicted molar refractivity (Wildman–Crippen MR) is 87.1 cm³/mol. The molecular formula is C16H17N5O2. The van der Waals surface area contributed by atoms with Crippen LogP contribution in [0.15, 0.2) is 36.5 Å². The third-order valence-corrected chi connectivity index (χ3v) is 2.97. The maximum absolute atomic E-state index is 12.2. The van der Waals surface area contributed by atoms with E-state index in [0.29, 0.717) is 16.9 Å². The van der Waals surface area contributed by atoms with E-state index in [1.807, 2.05) is 6.07 Å². The molecule has 0 unspecified atom stereocenters. The van der Waals surface area contributed by atoms with Crippen molar-refractivity contribution in [2.24, 2.45) is 0 Å². The van der Waals surface area contributed by atoms with Crippen molar-refractivity contribution in [3.05, 3.63) is 47.8 Å². The zero-order chi connectivity index (χ0) is 16.8. The van der Waals surface area contributed by atoms with E-state index >= 15 is 0 Å². The molecule has 3 N–H and O–H groups in total. The number of rotatable bonds is 5. The zero-order valence-corrected chi connectivity index (χ0v) is 12.9. The molecule has 0 atom stereocenters. The normalized spacial score (nSPS) is 10.2. The average molecular weight is 311 g/mol. The largest absolute Gasteiger partial charge is 0.356 e. The van der Waals surface area contributed by atoms with Gasteiger partial charge in [-0.3, -0.25) is 9.59 Å². The highest BCUT2D eigenvalue weighted by Gasteiger charge is 2.12. The second-order valence-electron chi connectivity index (χ2n) is 5.20. The van der Waals surface area contributed by atoms with Gasteiger partial charge in [-0.1, -0.05) is 12.1 Å². The Kier molecular flexibility index (Phi) is 5.12. The molecule has 0 aliphatic heterocycles. The first-order valence-electron chi connectivity index (χ1n) is 6.93. The number of aromatic amines is 1. The minimum absolute atomic E-state index is 0.177. The van der Waals surface area contributed by atoms with Crippen LogP contribution in [0.4, 0.5) is 11.4 Å². The van der Waals surface area contributed by atoms with Crippen LogP contribution in [-0.4, -0.2) is 42.3 Å². The summed E-state index contributed by atoms with van der Waals surface area (Å²) in [6.07, 6.45) is 1.46. The summed E-state index contributed by atoms with van der Waals surface area (Å²) in [4.78, 5) is 28.5. The summed E-state index contributed by atoms with van der Waals surface area (Å²) in [5.41, 5.74) is 1.65. The zero-order valence-electron chi connectivity index (χ0n) is 12.9. The molecule has 1 aromatic carbocycles. The van der Waals surface area contributed by atoms with Gasteiger partial charge < -0.3 is 20.5 Å². The Bertz CT molecular complexity index is 758. The van der Waals surface area contributed by atoms with Gasteiger partial charge >= 0.3 is 0 Å². The van der Waals surface area contributed by atoms with Gasteiger partial charge in [0.05, 0.1) is 23.5 Å². The molecule has 118 valence electrons. The highest BCUT2D eigenvalue weighted by molar-refractivity contribution is 6.06. The van der Waals surface area contributed by atoms with Gasteiger partial charge in [-0.2, -0.15) is 5.26 Å². The minimum atomic E-state index is -0.388. The second kappa shape index (κ2) is 7.24. The summed E-state index contributed by atoms with van der Waals surface area (Å²) in [5.74, 6) is -0.566. The first-order chi connectivity index (χ1) is 11.0. The molecule has 7 nitrogen and oxygen atoms in total. The fourth-order valence-corrected chi connectivity index (χ4v) is 1.96. The molecule has 23 heavy (non-hydrogen) atoms. The number of aromatic nitrogens is 1. The minimum Gasteiger partial charge on any atom is -0.356 e.